The number of sulfone groups is 1. The standard InChI is InChI=1S/C16H14Br2N2O2S/c1-23(21,22)16(10-19-14-6-2-12(17)3-7-14)11-20-15-8-4-13(18)5-9-15/h2-11,19H,1H3/b16-10-,20-11?. The van der Waals surface area contributed by atoms with Gasteiger partial charge in [0.2, 0.25) is 0 Å². The van der Waals surface area contributed by atoms with Crippen LogP contribution in [0.3, 0.4) is 0 Å². The first kappa shape index (κ1) is 17.9. The number of hydrogen-bond donors (Lipinski definition) is 1. The van der Waals surface area contributed by atoms with E-state index in [9.17, 15) is 8.42 Å². The van der Waals surface area contributed by atoms with E-state index in [4.69, 9.17) is 0 Å². The fraction of sp³-hybridized carbons (Fsp3) is 0.0625. The molecule has 2 rings (SSSR count). The fourth-order valence-electron chi connectivity index (χ4n) is 1.61. The first-order chi connectivity index (χ1) is 10.8. The van der Waals surface area contributed by atoms with Crippen molar-refractivity contribution in [2.45, 2.75) is 0 Å². The second-order valence-corrected chi connectivity index (χ2v) is 8.55. The molecule has 0 aromatic heterocycles. The predicted molar refractivity (Wildman–Crippen MR) is 103 cm³/mol. The van der Waals surface area contributed by atoms with Gasteiger partial charge < -0.3 is 5.32 Å². The zero-order valence-electron chi connectivity index (χ0n) is 12.2. The molecule has 120 valence electrons. The van der Waals surface area contributed by atoms with Crippen molar-refractivity contribution in [1.29, 1.82) is 0 Å². The minimum absolute atomic E-state index is 0.100. The maximum atomic E-state index is 11.9. The van der Waals surface area contributed by atoms with Crippen molar-refractivity contribution in [2.24, 2.45) is 4.99 Å². The normalized spacial score (nSPS) is 12.6. The smallest absolute Gasteiger partial charge is 0.178 e. The number of aliphatic imine (C=N–C) groups is 1. The molecular formula is C16H14Br2N2O2S. The molecule has 0 radical (unpaired) electrons. The third-order valence-electron chi connectivity index (χ3n) is 2.82. The van der Waals surface area contributed by atoms with E-state index in [2.05, 4.69) is 42.2 Å². The second-order valence-electron chi connectivity index (χ2n) is 4.70. The second kappa shape index (κ2) is 7.90. The van der Waals surface area contributed by atoms with Crippen LogP contribution in [0.15, 0.2) is 73.6 Å². The minimum Gasteiger partial charge on any atom is -0.360 e. The lowest BCUT2D eigenvalue weighted by Crippen LogP contribution is -2.05. The third-order valence-corrected chi connectivity index (χ3v) is 4.96. The molecule has 0 aliphatic heterocycles. The largest absolute Gasteiger partial charge is 0.360 e. The third kappa shape index (κ3) is 5.93. The average molecular weight is 458 g/mol. The first-order valence-electron chi connectivity index (χ1n) is 6.56. The Bertz CT molecular complexity index is 827. The Morgan fingerprint density at radius 1 is 1.00 bits per heavy atom. The van der Waals surface area contributed by atoms with Crippen LogP contribution in [-0.4, -0.2) is 20.9 Å². The lowest BCUT2D eigenvalue weighted by molar-refractivity contribution is 0.609. The molecule has 0 aliphatic carbocycles. The van der Waals surface area contributed by atoms with Gasteiger partial charge in [-0.2, -0.15) is 0 Å². The van der Waals surface area contributed by atoms with E-state index < -0.39 is 9.84 Å². The van der Waals surface area contributed by atoms with Crippen LogP contribution in [0.2, 0.25) is 0 Å². The van der Waals surface area contributed by atoms with Crippen LogP contribution < -0.4 is 5.32 Å². The van der Waals surface area contributed by atoms with Crippen molar-refractivity contribution in [3.63, 3.8) is 0 Å². The lowest BCUT2D eigenvalue weighted by atomic mass is 10.3. The SMILES string of the molecule is CS(=O)(=O)/C(C=Nc1ccc(Br)cc1)=C\Nc1ccc(Br)cc1. The molecule has 0 amide bonds. The van der Waals surface area contributed by atoms with Gasteiger partial charge in [0, 0.05) is 33.3 Å². The van der Waals surface area contributed by atoms with Gasteiger partial charge in [-0.05, 0) is 48.5 Å². The molecule has 0 saturated heterocycles. The summed E-state index contributed by atoms with van der Waals surface area (Å²) in [5.41, 5.74) is 1.46. The van der Waals surface area contributed by atoms with E-state index >= 15 is 0 Å². The van der Waals surface area contributed by atoms with Crippen molar-refractivity contribution in [3.8, 4) is 0 Å². The van der Waals surface area contributed by atoms with Gasteiger partial charge in [0.15, 0.2) is 9.84 Å². The highest BCUT2D eigenvalue weighted by molar-refractivity contribution is 9.10. The van der Waals surface area contributed by atoms with Crippen LogP contribution in [0.4, 0.5) is 11.4 Å². The summed E-state index contributed by atoms with van der Waals surface area (Å²) < 4.78 is 25.6. The number of hydrogen-bond acceptors (Lipinski definition) is 4. The summed E-state index contributed by atoms with van der Waals surface area (Å²) in [6.45, 7) is 0. The summed E-state index contributed by atoms with van der Waals surface area (Å²) in [5, 5.41) is 2.96. The van der Waals surface area contributed by atoms with E-state index in [0.29, 0.717) is 5.69 Å². The van der Waals surface area contributed by atoms with Crippen LogP contribution in [-0.2, 0) is 9.84 Å². The molecule has 2 aromatic carbocycles. The van der Waals surface area contributed by atoms with Gasteiger partial charge in [-0.3, -0.25) is 4.99 Å². The van der Waals surface area contributed by atoms with E-state index in [-0.39, 0.29) is 4.91 Å². The summed E-state index contributed by atoms with van der Waals surface area (Å²) in [7, 11) is -3.39. The summed E-state index contributed by atoms with van der Waals surface area (Å²) in [4.78, 5) is 4.30. The maximum Gasteiger partial charge on any atom is 0.178 e. The van der Waals surface area contributed by atoms with Crippen molar-refractivity contribution in [1.82, 2.24) is 0 Å². The zero-order chi connectivity index (χ0) is 16.9. The highest BCUT2D eigenvalue weighted by Gasteiger charge is 2.08. The van der Waals surface area contributed by atoms with Gasteiger partial charge in [-0.1, -0.05) is 31.9 Å². The molecule has 1 N–H and O–H groups in total. The number of rotatable bonds is 5. The van der Waals surface area contributed by atoms with Crippen molar-refractivity contribution < 1.29 is 8.42 Å². The lowest BCUT2D eigenvalue weighted by Gasteiger charge is -2.03. The summed E-state index contributed by atoms with van der Waals surface area (Å²) >= 11 is 6.69. The molecule has 4 nitrogen and oxygen atoms in total. The Morgan fingerprint density at radius 2 is 1.52 bits per heavy atom. The Labute approximate surface area is 152 Å². The first-order valence-corrected chi connectivity index (χ1v) is 10.0. The topological polar surface area (TPSA) is 58.5 Å². The summed E-state index contributed by atoms with van der Waals surface area (Å²) in [6.07, 6.45) is 3.92. The van der Waals surface area contributed by atoms with Gasteiger partial charge in [0.25, 0.3) is 0 Å². The number of benzene rings is 2. The number of anilines is 1. The summed E-state index contributed by atoms with van der Waals surface area (Å²) in [6, 6.07) is 14.7. The van der Waals surface area contributed by atoms with Crippen molar-refractivity contribution in [3.05, 3.63) is 68.6 Å². The van der Waals surface area contributed by atoms with Crippen LogP contribution in [0.5, 0.6) is 0 Å². The van der Waals surface area contributed by atoms with Crippen LogP contribution in [0, 0.1) is 0 Å². The van der Waals surface area contributed by atoms with E-state index in [1.165, 1.54) is 12.4 Å². The average Bonchev–Trinajstić information content (AvgIpc) is 2.49. The number of nitrogens with zero attached hydrogens (tertiary/aromatic N) is 1. The van der Waals surface area contributed by atoms with Gasteiger partial charge >= 0.3 is 0 Å². The molecular weight excluding hydrogens is 444 g/mol. The molecule has 0 heterocycles. The molecule has 0 saturated carbocycles. The van der Waals surface area contributed by atoms with E-state index in [1.807, 2.05) is 36.4 Å². The van der Waals surface area contributed by atoms with Crippen LogP contribution >= 0.6 is 31.9 Å². The Balaban J connectivity index is 2.21. The van der Waals surface area contributed by atoms with Gasteiger partial charge in [-0.25, -0.2) is 8.42 Å². The monoisotopic (exact) mass is 456 g/mol. The van der Waals surface area contributed by atoms with Gasteiger partial charge in [-0.15, -0.1) is 0 Å². The molecule has 0 atom stereocenters. The van der Waals surface area contributed by atoms with Crippen LogP contribution in [0.25, 0.3) is 0 Å². The quantitative estimate of drug-likeness (QED) is 0.648. The Morgan fingerprint density at radius 3 is 2.04 bits per heavy atom. The number of halogens is 2. The Kier molecular flexibility index (Phi) is 6.15. The molecule has 0 unspecified atom stereocenters. The Hall–Kier alpha value is -1.44. The van der Waals surface area contributed by atoms with Crippen LogP contribution in [0.1, 0.15) is 0 Å². The minimum atomic E-state index is -3.39. The van der Waals surface area contributed by atoms with E-state index in [1.54, 1.807) is 12.1 Å². The van der Waals surface area contributed by atoms with Gasteiger partial charge in [0.05, 0.1) is 5.69 Å². The molecule has 23 heavy (non-hydrogen) atoms. The summed E-state index contributed by atoms with van der Waals surface area (Å²) in [5.74, 6) is 0. The molecule has 0 fully saturated rings. The van der Waals surface area contributed by atoms with Crippen molar-refractivity contribution in [2.75, 3.05) is 11.6 Å². The predicted octanol–water partition coefficient (Wildman–Crippen LogP) is 4.91. The molecule has 0 spiro atoms. The number of nitrogens with one attached hydrogen (secondary N) is 1. The molecule has 0 bridgehead atoms. The molecule has 2 aromatic rings. The van der Waals surface area contributed by atoms with E-state index in [0.717, 1.165) is 20.9 Å². The van der Waals surface area contributed by atoms with Crippen molar-refractivity contribution >= 4 is 59.3 Å². The maximum absolute atomic E-state index is 11.9. The molecule has 0 aliphatic rings. The molecule has 7 heteroatoms. The van der Waals surface area contributed by atoms with Gasteiger partial charge in [0.1, 0.15) is 4.91 Å². The number of allylic oxidation sites excluding steroid dienone is 1. The highest BCUT2D eigenvalue weighted by atomic mass is 79.9. The zero-order valence-corrected chi connectivity index (χ0v) is 16.2. The fourth-order valence-corrected chi connectivity index (χ4v) is 2.65. The highest BCUT2D eigenvalue weighted by Crippen LogP contribution is 2.18.